The van der Waals surface area contributed by atoms with Gasteiger partial charge in [-0.05, 0) is 12.5 Å². The minimum atomic E-state index is 0.257. The summed E-state index contributed by atoms with van der Waals surface area (Å²) in [5, 5.41) is 10.4. The van der Waals surface area contributed by atoms with Crippen LogP contribution >= 0.6 is 0 Å². The smallest absolute Gasteiger partial charge is 0.112 e. The Morgan fingerprint density at radius 1 is 1.12 bits per heavy atom. The predicted molar refractivity (Wildman–Crippen MR) is 72.2 cm³/mol. The van der Waals surface area contributed by atoms with E-state index in [4.69, 9.17) is 0 Å². The van der Waals surface area contributed by atoms with Crippen molar-refractivity contribution in [3.63, 3.8) is 0 Å². The maximum atomic E-state index is 3.50. The fraction of sp³-hybridized carbons (Fsp3) is 0.429. The summed E-state index contributed by atoms with van der Waals surface area (Å²) in [6.45, 7) is 6.51. The first-order chi connectivity index (χ1) is 8.16. The van der Waals surface area contributed by atoms with Crippen molar-refractivity contribution < 1.29 is 0 Å². The highest BCUT2D eigenvalue weighted by molar-refractivity contribution is 5.65. The van der Waals surface area contributed by atoms with Crippen LogP contribution in [0.2, 0.25) is 0 Å². The quantitative estimate of drug-likeness (QED) is 0.740. The highest BCUT2D eigenvalue weighted by Crippen LogP contribution is 2.15. The third-order valence-electron chi connectivity index (χ3n) is 2.90. The van der Waals surface area contributed by atoms with E-state index < -0.39 is 0 Å². The molecule has 17 heavy (non-hydrogen) atoms. The predicted octanol–water partition coefficient (Wildman–Crippen LogP) is 1.89. The molecule has 0 saturated heterocycles. The van der Waals surface area contributed by atoms with Gasteiger partial charge in [0.25, 0.3) is 0 Å². The van der Waals surface area contributed by atoms with Crippen LogP contribution in [0.15, 0.2) is 36.5 Å². The van der Waals surface area contributed by atoms with Gasteiger partial charge in [0.2, 0.25) is 0 Å². The molecule has 0 saturated carbocycles. The van der Waals surface area contributed by atoms with Gasteiger partial charge in [0, 0.05) is 18.3 Å². The van der Waals surface area contributed by atoms with E-state index in [1.165, 1.54) is 5.56 Å². The van der Waals surface area contributed by atoms with E-state index in [1.807, 2.05) is 6.07 Å². The zero-order chi connectivity index (χ0) is 12.3. The van der Waals surface area contributed by atoms with Crippen LogP contribution in [0.25, 0.3) is 5.70 Å². The van der Waals surface area contributed by atoms with Crippen molar-refractivity contribution in [2.75, 3.05) is 0 Å². The van der Waals surface area contributed by atoms with Gasteiger partial charge in [0.15, 0.2) is 0 Å². The lowest BCUT2D eigenvalue weighted by molar-refractivity contribution is 0.383. The van der Waals surface area contributed by atoms with E-state index in [9.17, 15) is 0 Å². The molecular formula is C14H21N3. The average molecular weight is 231 g/mol. The Balaban J connectivity index is 1.95. The minimum absolute atomic E-state index is 0.257. The van der Waals surface area contributed by atoms with Crippen molar-refractivity contribution >= 4 is 5.70 Å². The zero-order valence-electron chi connectivity index (χ0n) is 10.7. The van der Waals surface area contributed by atoms with Gasteiger partial charge in [-0.2, -0.15) is 0 Å². The molecule has 0 fully saturated rings. The second kappa shape index (κ2) is 5.23. The molecule has 0 radical (unpaired) electrons. The molecule has 3 N–H and O–H groups in total. The van der Waals surface area contributed by atoms with Gasteiger partial charge in [0.1, 0.15) is 6.17 Å². The van der Waals surface area contributed by atoms with Gasteiger partial charge in [-0.3, -0.25) is 0 Å². The third kappa shape index (κ3) is 3.01. The van der Waals surface area contributed by atoms with Gasteiger partial charge in [-0.15, -0.1) is 0 Å². The average Bonchev–Trinajstić information content (AvgIpc) is 2.78. The summed E-state index contributed by atoms with van der Waals surface area (Å²) in [6, 6.07) is 11.3. The summed E-state index contributed by atoms with van der Waals surface area (Å²) in [6.07, 6.45) is 2.31. The van der Waals surface area contributed by atoms with Gasteiger partial charge in [0.05, 0.1) is 5.70 Å². The molecule has 1 aromatic carbocycles. The monoisotopic (exact) mass is 231 g/mol. The molecule has 1 aliphatic rings. The van der Waals surface area contributed by atoms with E-state index >= 15 is 0 Å². The Kier molecular flexibility index (Phi) is 3.69. The fourth-order valence-corrected chi connectivity index (χ4v) is 2.10. The normalized spacial score (nSPS) is 20.7. The van der Waals surface area contributed by atoms with Crippen LogP contribution in [0.3, 0.4) is 0 Å². The Hall–Kier alpha value is -1.48. The van der Waals surface area contributed by atoms with Crippen molar-refractivity contribution in [1.29, 1.82) is 0 Å². The molecule has 92 valence electrons. The number of hydrogen-bond donors (Lipinski definition) is 3. The molecule has 2 rings (SSSR count). The van der Waals surface area contributed by atoms with Gasteiger partial charge < -0.3 is 16.0 Å². The van der Waals surface area contributed by atoms with Crippen molar-refractivity contribution in [3.8, 4) is 0 Å². The number of hydrogen-bond acceptors (Lipinski definition) is 3. The lowest BCUT2D eigenvalue weighted by atomic mass is 10.1. The molecule has 0 aliphatic carbocycles. The number of benzene rings is 1. The Morgan fingerprint density at radius 3 is 2.47 bits per heavy atom. The van der Waals surface area contributed by atoms with Crippen LogP contribution < -0.4 is 16.0 Å². The minimum Gasteiger partial charge on any atom is -0.368 e. The third-order valence-corrected chi connectivity index (χ3v) is 2.90. The SMILES string of the molecule is CC(C)N[C@@H](C)C1NC=C(c2ccccc2)N1. The summed E-state index contributed by atoms with van der Waals surface area (Å²) < 4.78 is 0. The molecule has 3 nitrogen and oxygen atoms in total. The molecule has 3 heteroatoms. The lowest BCUT2D eigenvalue weighted by Crippen LogP contribution is -2.50. The zero-order valence-corrected chi connectivity index (χ0v) is 10.7. The largest absolute Gasteiger partial charge is 0.368 e. The van der Waals surface area contributed by atoms with Gasteiger partial charge in [-0.25, -0.2) is 0 Å². The van der Waals surface area contributed by atoms with Crippen LogP contribution in [0, 0.1) is 0 Å². The van der Waals surface area contributed by atoms with Crippen LogP contribution in [0.1, 0.15) is 26.3 Å². The second-order valence-corrected chi connectivity index (χ2v) is 4.82. The molecule has 0 bridgehead atoms. The van der Waals surface area contributed by atoms with Gasteiger partial charge in [-0.1, -0.05) is 44.2 Å². The summed E-state index contributed by atoms with van der Waals surface area (Å²) in [5.74, 6) is 0. The molecule has 1 unspecified atom stereocenters. The van der Waals surface area contributed by atoms with E-state index in [2.05, 4.69) is 67.2 Å². The van der Waals surface area contributed by atoms with Crippen LogP contribution in [0.5, 0.6) is 0 Å². The van der Waals surface area contributed by atoms with Crippen molar-refractivity contribution in [1.82, 2.24) is 16.0 Å². The molecule has 1 aliphatic heterocycles. The van der Waals surface area contributed by atoms with Crippen molar-refractivity contribution in [2.45, 2.75) is 39.0 Å². The number of nitrogens with one attached hydrogen (secondary N) is 3. The molecule has 0 amide bonds. The fourth-order valence-electron chi connectivity index (χ4n) is 2.10. The Morgan fingerprint density at radius 2 is 1.82 bits per heavy atom. The van der Waals surface area contributed by atoms with Gasteiger partial charge >= 0.3 is 0 Å². The maximum absolute atomic E-state index is 3.50. The lowest BCUT2D eigenvalue weighted by Gasteiger charge is -2.24. The first-order valence-corrected chi connectivity index (χ1v) is 6.21. The first-order valence-electron chi connectivity index (χ1n) is 6.21. The van der Waals surface area contributed by atoms with E-state index in [0.29, 0.717) is 12.1 Å². The Bertz CT molecular complexity index is 384. The molecule has 0 spiro atoms. The molecule has 1 aromatic rings. The van der Waals surface area contributed by atoms with E-state index in [0.717, 1.165) is 5.70 Å². The van der Waals surface area contributed by atoms with Crippen LogP contribution in [-0.2, 0) is 0 Å². The molecule has 2 atom stereocenters. The topological polar surface area (TPSA) is 36.1 Å². The van der Waals surface area contributed by atoms with Crippen LogP contribution in [0.4, 0.5) is 0 Å². The maximum Gasteiger partial charge on any atom is 0.112 e. The highest BCUT2D eigenvalue weighted by Gasteiger charge is 2.21. The second-order valence-electron chi connectivity index (χ2n) is 4.82. The molecule has 1 heterocycles. The standard InChI is InChI=1S/C14H21N3/c1-10(2)16-11(3)14-15-9-13(17-14)12-7-5-4-6-8-12/h4-11,14-17H,1-3H3/t11-,14?/m0/s1. The van der Waals surface area contributed by atoms with Crippen LogP contribution in [-0.4, -0.2) is 18.2 Å². The summed E-state index contributed by atoms with van der Waals surface area (Å²) in [4.78, 5) is 0. The molecule has 0 aromatic heterocycles. The summed E-state index contributed by atoms with van der Waals surface area (Å²) in [5.41, 5.74) is 2.38. The van der Waals surface area contributed by atoms with Crippen molar-refractivity contribution in [2.24, 2.45) is 0 Å². The van der Waals surface area contributed by atoms with E-state index in [-0.39, 0.29) is 6.17 Å². The highest BCUT2D eigenvalue weighted by atomic mass is 15.2. The summed E-state index contributed by atoms with van der Waals surface area (Å²) >= 11 is 0. The number of rotatable bonds is 4. The Labute approximate surface area is 103 Å². The van der Waals surface area contributed by atoms with Crippen molar-refractivity contribution in [3.05, 3.63) is 42.1 Å². The van der Waals surface area contributed by atoms with E-state index in [1.54, 1.807) is 0 Å². The molecular weight excluding hydrogens is 210 g/mol. The first kappa shape index (κ1) is 12.0. The summed E-state index contributed by atoms with van der Waals surface area (Å²) in [7, 11) is 0.